The molecule has 0 aromatic rings. The van der Waals surface area contributed by atoms with Gasteiger partial charge in [-0.2, -0.15) is 0 Å². The van der Waals surface area contributed by atoms with E-state index in [9.17, 15) is 0 Å². The molecule has 1 nitrogen and oxygen atoms in total. The van der Waals surface area contributed by atoms with Crippen LogP contribution in [0.2, 0.25) is 37.8 Å². The summed E-state index contributed by atoms with van der Waals surface area (Å²) in [5.74, 6) is 3.36. The van der Waals surface area contributed by atoms with Crippen LogP contribution in [0.25, 0.3) is 0 Å². The topological polar surface area (TPSA) is 9.23 Å². The molecule has 0 spiro atoms. The summed E-state index contributed by atoms with van der Waals surface area (Å²) in [7, 11) is -2.88. The van der Waals surface area contributed by atoms with Gasteiger partial charge in [0, 0.05) is 6.42 Å². The number of hydrogen-bond donors (Lipinski definition) is 0. The molecule has 0 aromatic carbocycles. The Morgan fingerprint density at radius 1 is 1.06 bits per heavy atom. The Morgan fingerprint density at radius 2 is 1.56 bits per heavy atom. The zero-order chi connectivity index (χ0) is 14.6. The zero-order valence-corrected chi connectivity index (χ0v) is 15.9. The molecule has 0 aliphatic heterocycles. The lowest BCUT2D eigenvalue weighted by molar-refractivity contribution is 0.181. The average Bonchev–Trinajstić information content (AvgIpc) is 2.12. The highest BCUT2D eigenvalue weighted by Gasteiger charge is 2.38. The molecule has 0 fully saturated rings. The molecule has 0 unspecified atom stereocenters. The smallest absolute Gasteiger partial charge is 0.192 e. The quantitative estimate of drug-likeness (QED) is 0.518. The maximum atomic E-state index is 6.42. The van der Waals surface area contributed by atoms with Gasteiger partial charge in [-0.25, -0.2) is 0 Å². The van der Waals surface area contributed by atoms with Crippen LogP contribution < -0.4 is 0 Å². The van der Waals surface area contributed by atoms with E-state index in [4.69, 9.17) is 4.43 Å². The van der Waals surface area contributed by atoms with Gasteiger partial charge in [-0.1, -0.05) is 47.3 Å². The summed E-state index contributed by atoms with van der Waals surface area (Å²) in [6.07, 6.45) is 2.27. The third-order valence-electron chi connectivity index (χ3n) is 3.52. The van der Waals surface area contributed by atoms with Crippen LogP contribution in [0.5, 0.6) is 0 Å². The largest absolute Gasteiger partial charge is 0.413 e. The Morgan fingerprint density at radius 3 is 1.89 bits per heavy atom. The van der Waals surface area contributed by atoms with Crippen LogP contribution in [0.1, 0.15) is 40.5 Å². The van der Waals surface area contributed by atoms with Gasteiger partial charge in [0.2, 0.25) is 0 Å². The lowest BCUT2D eigenvalue weighted by Crippen LogP contribution is -2.43. The molecule has 0 N–H and O–H groups in total. The number of hydrogen-bond acceptors (Lipinski definition) is 1. The molecule has 0 rings (SSSR count). The van der Waals surface area contributed by atoms with E-state index in [0.29, 0.717) is 6.10 Å². The lowest BCUT2D eigenvalue weighted by atomic mass is 10.2. The van der Waals surface area contributed by atoms with Crippen LogP contribution in [0.4, 0.5) is 0 Å². The Kier molecular flexibility index (Phi) is 6.39. The predicted molar refractivity (Wildman–Crippen MR) is 88.1 cm³/mol. The monoisotopic (exact) mass is 284 g/mol. The molecule has 0 aliphatic carbocycles. The molecule has 0 amide bonds. The highest BCUT2D eigenvalue weighted by atomic mass is 28.4. The van der Waals surface area contributed by atoms with Crippen molar-refractivity contribution in [3.63, 3.8) is 0 Å². The van der Waals surface area contributed by atoms with E-state index < -0.39 is 16.4 Å². The summed E-state index contributed by atoms with van der Waals surface area (Å²) >= 11 is 0. The molecule has 0 aromatic heterocycles. The highest BCUT2D eigenvalue weighted by Crippen LogP contribution is 2.37. The zero-order valence-electron chi connectivity index (χ0n) is 13.9. The molecular weight excluding hydrogens is 252 g/mol. The molecule has 0 bridgehead atoms. The van der Waals surface area contributed by atoms with Crippen LogP contribution in [0, 0.1) is 11.5 Å². The minimum Gasteiger partial charge on any atom is -0.413 e. The maximum absolute atomic E-state index is 6.42. The fraction of sp³-hybridized carbons (Fsp3) is 0.867. The first kappa shape index (κ1) is 18.0. The fourth-order valence-electron chi connectivity index (χ4n) is 1.29. The molecule has 0 saturated heterocycles. The van der Waals surface area contributed by atoms with Crippen molar-refractivity contribution in [3.8, 4) is 11.5 Å². The van der Waals surface area contributed by atoms with Crippen LogP contribution in [0.15, 0.2) is 0 Å². The molecule has 0 radical (unpaired) electrons. The van der Waals surface area contributed by atoms with Gasteiger partial charge in [0.15, 0.2) is 8.32 Å². The van der Waals surface area contributed by atoms with E-state index in [1.807, 2.05) is 0 Å². The summed E-state index contributed by atoms with van der Waals surface area (Å²) in [6, 6.07) is 0. The van der Waals surface area contributed by atoms with E-state index in [-0.39, 0.29) is 5.04 Å². The molecule has 3 heteroatoms. The van der Waals surface area contributed by atoms with Crippen LogP contribution in [0.3, 0.4) is 0 Å². The Bertz CT molecular complexity index is 310. The van der Waals surface area contributed by atoms with Gasteiger partial charge in [-0.05, 0) is 24.6 Å². The van der Waals surface area contributed by atoms with E-state index in [1.165, 1.54) is 0 Å². The first-order valence-corrected chi connectivity index (χ1v) is 13.5. The van der Waals surface area contributed by atoms with E-state index >= 15 is 0 Å². The van der Waals surface area contributed by atoms with Crippen molar-refractivity contribution in [2.45, 2.75) is 84.4 Å². The van der Waals surface area contributed by atoms with Crippen molar-refractivity contribution in [2.75, 3.05) is 0 Å². The molecule has 106 valence electrons. The fourth-order valence-corrected chi connectivity index (χ4v) is 3.36. The molecule has 0 saturated carbocycles. The third kappa shape index (κ3) is 6.77. The highest BCUT2D eigenvalue weighted by molar-refractivity contribution is 6.83. The summed E-state index contributed by atoms with van der Waals surface area (Å²) < 4.78 is 6.42. The van der Waals surface area contributed by atoms with Gasteiger partial charge in [0.05, 0.1) is 6.10 Å². The molecular formula is C15H32OSi2. The van der Waals surface area contributed by atoms with Crippen molar-refractivity contribution in [1.82, 2.24) is 0 Å². The van der Waals surface area contributed by atoms with Gasteiger partial charge in [-0.15, -0.1) is 11.5 Å². The van der Waals surface area contributed by atoms with Crippen molar-refractivity contribution >= 4 is 16.4 Å². The standard InChI is InChI=1S/C15H32OSi2/c1-10-14(12-11-13-17(5,6)7)16-18(8,9)15(2,3)4/h14H,10,12H2,1-9H3/t14-/m1/s1. The second-order valence-electron chi connectivity index (χ2n) is 7.66. The van der Waals surface area contributed by atoms with Crippen molar-refractivity contribution < 1.29 is 4.43 Å². The predicted octanol–water partition coefficient (Wildman–Crippen LogP) is 5.06. The summed E-state index contributed by atoms with van der Waals surface area (Å²) in [6.45, 7) is 20.6. The number of rotatable bonds is 4. The normalized spacial score (nSPS) is 14.9. The first-order chi connectivity index (χ1) is 7.89. The van der Waals surface area contributed by atoms with Gasteiger partial charge >= 0.3 is 0 Å². The lowest BCUT2D eigenvalue weighted by Gasteiger charge is -2.38. The summed E-state index contributed by atoms with van der Waals surface area (Å²) in [4.78, 5) is 0. The minimum atomic E-state index is -1.64. The molecule has 0 heterocycles. The maximum Gasteiger partial charge on any atom is 0.192 e. The van der Waals surface area contributed by atoms with Gasteiger partial charge in [0.25, 0.3) is 0 Å². The van der Waals surface area contributed by atoms with Gasteiger partial charge in [0.1, 0.15) is 8.07 Å². The molecule has 1 atom stereocenters. The molecule has 0 aliphatic rings. The van der Waals surface area contributed by atoms with Crippen LogP contribution in [-0.2, 0) is 4.43 Å². The van der Waals surface area contributed by atoms with Gasteiger partial charge < -0.3 is 4.43 Å². The average molecular weight is 285 g/mol. The summed E-state index contributed by atoms with van der Waals surface area (Å²) in [5, 5.41) is 0.284. The second kappa shape index (κ2) is 6.41. The van der Waals surface area contributed by atoms with Crippen molar-refractivity contribution in [3.05, 3.63) is 0 Å². The van der Waals surface area contributed by atoms with Crippen molar-refractivity contribution in [1.29, 1.82) is 0 Å². The molecule has 18 heavy (non-hydrogen) atoms. The van der Waals surface area contributed by atoms with Crippen LogP contribution in [-0.4, -0.2) is 22.5 Å². The van der Waals surface area contributed by atoms with E-state index in [1.54, 1.807) is 0 Å². The first-order valence-electron chi connectivity index (χ1n) is 7.07. The van der Waals surface area contributed by atoms with Crippen molar-refractivity contribution in [2.24, 2.45) is 0 Å². The van der Waals surface area contributed by atoms with E-state index in [0.717, 1.165) is 12.8 Å². The van der Waals surface area contributed by atoms with Gasteiger partial charge in [-0.3, -0.25) is 0 Å². The Labute approximate surface area is 117 Å². The third-order valence-corrected chi connectivity index (χ3v) is 8.98. The minimum absolute atomic E-state index is 0.284. The SMILES string of the molecule is CC[C@H](CC#C[Si](C)(C)C)O[Si](C)(C)C(C)(C)C. The second-order valence-corrected chi connectivity index (χ2v) is 17.2. The Hall–Kier alpha value is -0.0462. The van der Waals surface area contributed by atoms with E-state index in [2.05, 4.69) is 71.9 Å². The Balaban J connectivity index is 4.58. The van der Waals surface area contributed by atoms with Crippen LogP contribution >= 0.6 is 0 Å². The summed E-state index contributed by atoms with van der Waals surface area (Å²) in [5.41, 5.74) is 3.44.